The summed E-state index contributed by atoms with van der Waals surface area (Å²) < 4.78 is 0. The number of hydrazine groups is 1. The van der Waals surface area contributed by atoms with E-state index in [9.17, 15) is 4.79 Å². The second-order valence-electron chi connectivity index (χ2n) is 8.28. The minimum atomic E-state index is 0.0962. The van der Waals surface area contributed by atoms with Crippen molar-refractivity contribution in [2.45, 2.75) is 114 Å². The quantitative estimate of drug-likeness (QED) is 0.758. The maximum Gasteiger partial charge on any atom is 0.334 e. The Labute approximate surface area is 140 Å². The van der Waals surface area contributed by atoms with Gasteiger partial charge in [-0.25, -0.2) is 9.80 Å². The van der Waals surface area contributed by atoms with Crippen molar-refractivity contribution in [1.82, 2.24) is 15.3 Å². The second kappa shape index (κ2) is 6.62. The number of nitrogens with zero attached hydrogens (tertiary/aromatic N) is 2. The number of amides is 2. The third kappa shape index (κ3) is 2.99. The molecule has 4 nitrogen and oxygen atoms in total. The normalized spacial score (nSPS) is 32.0. The summed E-state index contributed by atoms with van der Waals surface area (Å²) in [5.74, 6) is 0. The van der Waals surface area contributed by atoms with Crippen LogP contribution in [-0.4, -0.2) is 33.8 Å². The van der Waals surface area contributed by atoms with Crippen LogP contribution in [0.4, 0.5) is 4.79 Å². The van der Waals surface area contributed by atoms with Gasteiger partial charge in [-0.3, -0.25) is 0 Å². The molecule has 2 amide bonds. The summed E-state index contributed by atoms with van der Waals surface area (Å²) in [4.78, 5) is 13.0. The second-order valence-corrected chi connectivity index (χ2v) is 8.28. The number of carbonyl (C=O) groups is 1. The van der Waals surface area contributed by atoms with Gasteiger partial charge < -0.3 is 5.32 Å². The van der Waals surface area contributed by atoms with Crippen LogP contribution in [0.1, 0.15) is 96.3 Å². The molecule has 0 bridgehead atoms. The molecule has 1 aliphatic heterocycles. The Bertz CT molecular complexity index is 420. The molecule has 1 atom stereocenters. The highest BCUT2D eigenvalue weighted by atomic mass is 16.2. The zero-order valence-corrected chi connectivity index (χ0v) is 14.6. The van der Waals surface area contributed by atoms with Crippen LogP contribution in [0, 0.1) is 0 Å². The average molecular weight is 319 g/mol. The van der Waals surface area contributed by atoms with Gasteiger partial charge in [0.1, 0.15) is 5.66 Å². The van der Waals surface area contributed by atoms with Crippen molar-refractivity contribution in [1.29, 1.82) is 0 Å². The summed E-state index contributed by atoms with van der Waals surface area (Å²) in [5.41, 5.74) is 0.0962. The maximum atomic E-state index is 13.0. The molecule has 1 N–H and O–H groups in total. The molecule has 1 heterocycles. The molecule has 3 aliphatic carbocycles. The van der Waals surface area contributed by atoms with Crippen LogP contribution in [0.15, 0.2) is 0 Å². The number of hydrogen-bond donors (Lipinski definition) is 1. The molecule has 0 aromatic carbocycles. The molecule has 0 radical (unpaired) electrons. The fraction of sp³-hybridized carbons (Fsp3) is 0.947. The molecular weight excluding hydrogens is 286 g/mol. The van der Waals surface area contributed by atoms with E-state index in [0.29, 0.717) is 12.1 Å². The molecule has 4 fully saturated rings. The van der Waals surface area contributed by atoms with Crippen LogP contribution in [-0.2, 0) is 0 Å². The summed E-state index contributed by atoms with van der Waals surface area (Å²) in [7, 11) is 0. The highest BCUT2D eigenvalue weighted by Gasteiger charge is 2.65. The van der Waals surface area contributed by atoms with Gasteiger partial charge in [-0.1, -0.05) is 44.9 Å². The topological polar surface area (TPSA) is 35.1 Å². The molecule has 0 aromatic heterocycles. The van der Waals surface area contributed by atoms with Crippen LogP contribution in [0.2, 0.25) is 0 Å². The Morgan fingerprint density at radius 1 is 0.783 bits per heavy atom. The van der Waals surface area contributed by atoms with Gasteiger partial charge in [0, 0.05) is 12.1 Å². The van der Waals surface area contributed by atoms with Gasteiger partial charge in [-0.05, 0) is 51.4 Å². The number of rotatable bonds is 2. The first kappa shape index (κ1) is 15.7. The van der Waals surface area contributed by atoms with E-state index in [1.165, 1.54) is 96.3 Å². The lowest BCUT2D eigenvalue weighted by Gasteiger charge is -2.26. The Hall–Kier alpha value is -0.770. The molecule has 130 valence electrons. The van der Waals surface area contributed by atoms with E-state index in [1.807, 2.05) is 0 Å². The van der Waals surface area contributed by atoms with Gasteiger partial charge in [0.2, 0.25) is 0 Å². The molecule has 4 rings (SSSR count). The van der Waals surface area contributed by atoms with Crippen molar-refractivity contribution in [2.24, 2.45) is 0 Å². The van der Waals surface area contributed by atoms with Gasteiger partial charge in [-0.2, -0.15) is 5.01 Å². The van der Waals surface area contributed by atoms with E-state index in [1.54, 1.807) is 0 Å². The van der Waals surface area contributed by atoms with Crippen LogP contribution < -0.4 is 5.32 Å². The van der Waals surface area contributed by atoms with Crippen molar-refractivity contribution in [3.8, 4) is 0 Å². The van der Waals surface area contributed by atoms with E-state index in [0.717, 1.165) is 0 Å². The predicted molar refractivity (Wildman–Crippen MR) is 91.8 cm³/mol. The molecular formula is C19H33N3O. The van der Waals surface area contributed by atoms with Crippen molar-refractivity contribution in [3.63, 3.8) is 0 Å². The van der Waals surface area contributed by atoms with E-state index in [4.69, 9.17) is 0 Å². The van der Waals surface area contributed by atoms with E-state index in [2.05, 4.69) is 15.3 Å². The molecule has 4 heteroatoms. The zero-order valence-electron chi connectivity index (χ0n) is 14.6. The molecule has 1 unspecified atom stereocenters. The third-order valence-electron chi connectivity index (χ3n) is 6.70. The molecule has 0 aromatic rings. The van der Waals surface area contributed by atoms with Gasteiger partial charge in [-0.15, -0.1) is 0 Å². The Balaban J connectivity index is 1.44. The summed E-state index contributed by atoms with van der Waals surface area (Å²) in [6.07, 6.45) is 19.2. The third-order valence-corrected chi connectivity index (χ3v) is 6.70. The maximum absolute atomic E-state index is 13.0. The van der Waals surface area contributed by atoms with Gasteiger partial charge in [0.05, 0.1) is 0 Å². The smallest absolute Gasteiger partial charge is 0.334 e. The van der Waals surface area contributed by atoms with Crippen molar-refractivity contribution in [2.75, 3.05) is 0 Å². The van der Waals surface area contributed by atoms with E-state index >= 15 is 0 Å². The monoisotopic (exact) mass is 319 g/mol. The average Bonchev–Trinajstić information content (AvgIpc) is 3.24. The van der Waals surface area contributed by atoms with Crippen LogP contribution >= 0.6 is 0 Å². The fourth-order valence-corrected chi connectivity index (χ4v) is 5.46. The molecule has 1 saturated heterocycles. The lowest BCUT2D eigenvalue weighted by Crippen LogP contribution is -2.42. The molecule has 4 aliphatic rings. The number of nitrogens with one attached hydrogen (secondary N) is 1. The van der Waals surface area contributed by atoms with E-state index in [-0.39, 0.29) is 11.7 Å². The van der Waals surface area contributed by atoms with Crippen molar-refractivity contribution in [3.05, 3.63) is 0 Å². The first-order valence-electron chi connectivity index (χ1n) is 10.2. The van der Waals surface area contributed by atoms with Gasteiger partial charge in [0.25, 0.3) is 0 Å². The van der Waals surface area contributed by atoms with Gasteiger partial charge >= 0.3 is 6.03 Å². The number of hydrogen-bond acceptors (Lipinski definition) is 2. The summed E-state index contributed by atoms with van der Waals surface area (Å²) in [5, 5.41) is 8.05. The van der Waals surface area contributed by atoms with Crippen LogP contribution in [0.5, 0.6) is 0 Å². The highest BCUT2D eigenvalue weighted by Crippen LogP contribution is 2.53. The molecule has 3 saturated carbocycles. The Kier molecular flexibility index (Phi) is 4.53. The Morgan fingerprint density at radius 2 is 1.35 bits per heavy atom. The van der Waals surface area contributed by atoms with E-state index < -0.39 is 0 Å². The van der Waals surface area contributed by atoms with Crippen LogP contribution in [0.25, 0.3) is 0 Å². The predicted octanol–water partition coefficient (Wildman–Crippen LogP) is 4.55. The first-order valence-corrected chi connectivity index (χ1v) is 10.2. The van der Waals surface area contributed by atoms with Crippen LogP contribution in [0.3, 0.4) is 0 Å². The standard InChI is InChI=1S/C19H33N3O/c23-18(20-16-10-4-1-5-11-16)22-19(14-8-3-9-15-19)21(22)17-12-6-2-7-13-17/h16-17H,1-15H2,(H,20,23). The minimum absolute atomic E-state index is 0.0962. The molecule has 23 heavy (non-hydrogen) atoms. The van der Waals surface area contributed by atoms with Gasteiger partial charge in [0.15, 0.2) is 0 Å². The van der Waals surface area contributed by atoms with Crippen molar-refractivity contribution < 1.29 is 4.79 Å². The lowest BCUT2D eigenvalue weighted by molar-refractivity contribution is 0.171. The highest BCUT2D eigenvalue weighted by molar-refractivity contribution is 5.77. The summed E-state index contributed by atoms with van der Waals surface area (Å²) in [6, 6.07) is 1.26. The first-order chi connectivity index (χ1) is 11.3. The van der Waals surface area contributed by atoms with Crippen molar-refractivity contribution >= 4 is 6.03 Å². The fourth-order valence-electron chi connectivity index (χ4n) is 5.46. The lowest BCUT2D eigenvalue weighted by atomic mass is 9.89. The largest absolute Gasteiger partial charge is 0.334 e. The Morgan fingerprint density at radius 3 is 2.00 bits per heavy atom. The minimum Gasteiger partial charge on any atom is -0.334 e. The SMILES string of the molecule is O=C(NC1CCCCC1)N1N(C2CCCCC2)C12CCCCC2. The summed E-state index contributed by atoms with van der Waals surface area (Å²) in [6.45, 7) is 0. The number of urea groups is 1. The zero-order chi connectivity index (χ0) is 15.7. The summed E-state index contributed by atoms with van der Waals surface area (Å²) >= 11 is 0. The number of carbonyl (C=O) groups excluding carboxylic acids is 1. The molecule has 1 spiro atoms.